The van der Waals surface area contributed by atoms with Crippen LogP contribution in [0.4, 0.5) is 0 Å². The minimum Gasteiger partial charge on any atom is -0.540 e. The summed E-state index contributed by atoms with van der Waals surface area (Å²) in [5.74, 6) is 3.13. The van der Waals surface area contributed by atoms with Crippen molar-refractivity contribution in [2.45, 2.75) is 58.2 Å². The van der Waals surface area contributed by atoms with Gasteiger partial charge in [0.05, 0.1) is 21.3 Å². The van der Waals surface area contributed by atoms with Gasteiger partial charge in [0.2, 0.25) is 0 Å². The monoisotopic (exact) mass is 442 g/mol. The Morgan fingerprint density at radius 1 is 0.613 bits per heavy atom. The van der Waals surface area contributed by atoms with Gasteiger partial charge in [-0.25, -0.2) is 0 Å². The van der Waals surface area contributed by atoms with Gasteiger partial charge in [0.25, 0.3) is 8.32 Å². The van der Waals surface area contributed by atoms with Crippen LogP contribution in [-0.4, -0.2) is 29.6 Å². The maximum Gasteiger partial charge on any atom is 0.258 e. The van der Waals surface area contributed by atoms with Gasteiger partial charge in [0.1, 0.15) is 17.2 Å². The Morgan fingerprint density at radius 2 is 1.13 bits per heavy atom. The van der Waals surface area contributed by atoms with Crippen molar-refractivity contribution in [3.8, 4) is 23.0 Å². The summed E-state index contributed by atoms with van der Waals surface area (Å²) in [5, 5.41) is 0. The summed E-state index contributed by atoms with van der Waals surface area (Å²) in [6.45, 7) is 13.7. The van der Waals surface area contributed by atoms with Crippen LogP contribution in [0.15, 0.2) is 36.4 Å². The predicted octanol–water partition coefficient (Wildman–Crippen LogP) is 7.44. The molecule has 0 amide bonds. The standard InChI is InChI=1S/C26H38O4Si/c1-18(2)31(19(3)4,20(5)6)30-25-13-12-21(16-26(25)29-9)10-11-22-14-23(27-7)17-24(15-22)28-8/h10-20H,1-9H3/b11-10+. The lowest BCUT2D eigenvalue weighted by Crippen LogP contribution is -2.50. The maximum atomic E-state index is 6.84. The van der Waals surface area contributed by atoms with Crippen molar-refractivity contribution in [3.05, 3.63) is 47.5 Å². The molecule has 2 aromatic rings. The van der Waals surface area contributed by atoms with Crippen LogP contribution in [0.5, 0.6) is 23.0 Å². The van der Waals surface area contributed by atoms with E-state index >= 15 is 0 Å². The molecule has 0 N–H and O–H groups in total. The molecule has 2 aromatic carbocycles. The first-order valence-corrected chi connectivity index (χ1v) is 13.1. The van der Waals surface area contributed by atoms with E-state index in [4.69, 9.17) is 18.6 Å². The lowest BCUT2D eigenvalue weighted by Gasteiger charge is -2.42. The van der Waals surface area contributed by atoms with E-state index in [0.717, 1.165) is 34.1 Å². The first kappa shape index (κ1) is 24.9. The van der Waals surface area contributed by atoms with Crippen molar-refractivity contribution >= 4 is 20.5 Å². The van der Waals surface area contributed by atoms with Crippen LogP contribution < -0.4 is 18.6 Å². The third-order valence-corrected chi connectivity index (χ3v) is 12.0. The molecule has 31 heavy (non-hydrogen) atoms. The van der Waals surface area contributed by atoms with Crippen molar-refractivity contribution in [1.82, 2.24) is 0 Å². The van der Waals surface area contributed by atoms with E-state index in [1.54, 1.807) is 21.3 Å². The van der Waals surface area contributed by atoms with Crippen LogP contribution in [-0.2, 0) is 0 Å². The number of hydrogen-bond acceptors (Lipinski definition) is 4. The SMILES string of the molecule is COc1cc(/C=C/c2ccc(O[Si](C(C)C)(C(C)C)C(C)C)c(OC)c2)cc(OC)c1. The van der Waals surface area contributed by atoms with Crippen molar-refractivity contribution in [2.75, 3.05) is 21.3 Å². The summed E-state index contributed by atoms with van der Waals surface area (Å²) >= 11 is 0. The van der Waals surface area contributed by atoms with Gasteiger partial charge in [-0.05, 0) is 52.0 Å². The highest BCUT2D eigenvalue weighted by molar-refractivity contribution is 6.78. The molecular weight excluding hydrogens is 404 g/mol. The first-order chi connectivity index (χ1) is 14.7. The lowest BCUT2D eigenvalue weighted by molar-refractivity contribution is 0.383. The zero-order valence-corrected chi connectivity index (χ0v) is 21.5. The second-order valence-corrected chi connectivity index (χ2v) is 14.2. The smallest absolute Gasteiger partial charge is 0.258 e. The number of benzene rings is 2. The van der Waals surface area contributed by atoms with Crippen molar-refractivity contribution < 1.29 is 18.6 Å². The molecule has 0 aromatic heterocycles. The fraction of sp³-hybridized carbons (Fsp3) is 0.462. The third-order valence-electron chi connectivity index (χ3n) is 6.02. The van der Waals surface area contributed by atoms with Crippen LogP contribution in [0.3, 0.4) is 0 Å². The fourth-order valence-corrected chi connectivity index (χ4v) is 9.79. The number of ether oxygens (including phenoxy) is 3. The highest BCUT2D eigenvalue weighted by Crippen LogP contribution is 2.44. The van der Waals surface area contributed by atoms with Crippen molar-refractivity contribution in [3.63, 3.8) is 0 Å². The van der Waals surface area contributed by atoms with Gasteiger partial charge in [-0.1, -0.05) is 59.8 Å². The molecule has 170 valence electrons. The predicted molar refractivity (Wildman–Crippen MR) is 133 cm³/mol. The van der Waals surface area contributed by atoms with E-state index in [0.29, 0.717) is 16.6 Å². The molecule has 0 unspecified atom stereocenters. The molecule has 0 atom stereocenters. The number of hydrogen-bond donors (Lipinski definition) is 0. The van der Waals surface area contributed by atoms with Gasteiger partial charge in [-0.3, -0.25) is 0 Å². The summed E-state index contributed by atoms with van der Waals surface area (Å²) in [6, 6.07) is 12.0. The molecule has 0 bridgehead atoms. The van der Waals surface area contributed by atoms with E-state index < -0.39 is 8.32 Å². The van der Waals surface area contributed by atoms with Gasteiger partial charge < -0.3 is 18.6 Å². The molecule has 0 heterocycles. The maximum absolute atomic E-state index is 6.84. The van der Waals surface area contributed by atoms with E-state index in [1.807, 2.05) is 36.4 Å². The largest absolute Gasteiger partial charge is 0.540 e. The first-order valence-electron chi connectivity index (χ1n) is 11.0. The fourth-order valence-electron chi connectivity index (χ4n) is 4.53. The topological polar surface area (TPSA) is 36.9 Å². The van der Waals surface area contributed by atoms with Gasteiger partial charge in [0.15, 0.2) is 5.75 Å². The Bertz CT molecular complexity index is 843. The molecule has 0 aliphatic carbocycles. The van der Waals surface area contributed by atoms with Gasteiger partial charge in [-0.2, -0.15) is 0 Å². The highest BCUT2D eigenvalue weighted by atomic mass is 28.4. The Hall–Kier alpha value is -2.40. The zero-order chi connectivity index (χ0) is 23.2. The van der Waals surface area contributed by atoms with E-state index in [2.05, 4.69) is 53.7 Å². The van der Waals surface area contributed by atoms with Crippen LogP contribution >= 0.6 is 0 Å². The molecular formula is C26H38O4Si. The zero-order valence-electron chi connectivity index (χ0n) is 20.5. The van der Waals surface area contributed by atoms with E-state index in [1.165, 1.54) is 0 Å². The molecule has 0 fully saturated rings. The molecule has 2 rings (SSSR count). The molecule has 0 saturated carbocycles. The Labute approximate surface area is 189 Å². The summed E-state index contributed by atoms with van der Waals surface area (Å²) in [6.07, 6.45) is 4.09. The van der Waals surface area contributed by atoms with Gasteiger partial charge >= 0.3 is 0 Å². The molecule has 0 aliphatic heterocycles. The van der Waals surface area contributed by atoms with Crippen molar-refractivity contribution in [2.24, 2.45) is 0 Å². The Kier molecular flexibility index (Phi) is 8.63. The molecule has 0 radical (unpaired) electrons. The Morgan fingerprint density at radius 3 is 1.58 bits per heavy atom. The molecule has 0 spiro atoms. The van der Waals surface area contributed by atoms with E-state index in [9.17, 15) is 0 Å². The average molecular weight is 443 g/mol. The third kappa shape index (κ3) is 5.64. The summed E-state index contributed by atoms with van der Waals surface area (Å²) in [7, 11) is 2.96. The van der Waals surface area contributed by atoms with Crippen LogP contribution in [0.2, 0.25) is 16.6 Å². The molecule has 5 heteroatoms. The molecule has 4 nitrogen and oxygen atoms in total. The van der Waals surface area contributed by atoms with Crippen molar-refractivity contribution in [1.29, 1.82) is 0 Å². The second-order valence-electron chi connectivity index (χ2n) is 8.81. The summed E-state index contributed by atoms with van der Waals surface area (Å²) in [5.41, 5.74) is 3.54. The average Bonchev–Trinajstić information content (AvgIpc) is 2.75. The summed E-state index contributed by atoms with van der Waals surface area (Å²) in [4.78, 5) is 0. The minimum absolute atomic E-state index is 0.500. The van der Waals surface area contributed by atoms with Gasteiger partial charge in [-0.15, -0.1) is 0 Å². The second kappa shape index (κ2) is 10.8. The normalized spacial score (nSPS) is 12.1. The molecule has 0 aliphatic rings. The quantitative estimate of drug-likeness (QED) is 0.283. The lowest BCUT2D eigenvalue weighted by atomic mass is 10.1. The number of methoxy groups -OCH3 is 3. The van der Waals surface area contributed by atoms with E-state index in [-0.39, 0.29) is 0 Å². The van der Waals surface area contributed by atoms with Gasteiger partial charge in [0, 0.05) is 6.07 Å². The van der Waals surface area contributed by atoms with Crippen LogP contribution in [0.1, 0.15) is 52.7 Å². The number of rotatable bonds is 10. The molecule has 0 saturated heterocycles. The minimum atomic E-state index is -2.05. The highest BCUT2D eigenvalue weighted by Gasteiger charge is 2.47. The van der Waals surface area contributed by atoms with Crippen LogP contribution in [0, 0.1) is 0 Å². The van der Waals surface area contributed by atoms with Crippen LogP contribution in [0.25, 0.3) is 12.2 Å². The Balaban J connectivity index is 2.36. The summed E-state index contributed by atoms with van der Waals surface area (Å²) < 4.78 is 23.3.